The number of sulfonamides is 1. The molecule has 2 atom stereocenters. The van der Waals surface area contributed by atoms with Gasteiger partial charge in [0.2, 0.25) is 21.8 Å². The molecule has 0 radical (unpaired) electrons. The number of carbonyl (C=O) groups is 2. The van der Waals surface area contributed by atoms with Crippen LogP contribution in [0.15, 0.2) is 4.52 Å². The van der Waals surface area contributed by atoms with Crippen LogP contribution in [0.4, 0.5) is 0 Å². The normalized spacial score (nSPS) is 24.7. The highest BCUT2D eigenvalue weighted by molar-refractivity contribution is 7.88. The van der Waals surface area contributed by atoms with Crippen molar-refractivity contribution in [2.24, 2.45) is 5.92 Å². The summed E-state index contributed by atoms with van der Waals surface area (Å²) in [6, 6.07) is -0.351. The van der Waals surface area contributed by atoms with Gasteiger partial charge in [-0.2, -0.15) is 4.31 Å². The van der Waals surface area contributed by atoms with Crippen LogP contribution in [0.1, 0.15) is 42.7 Å². The summed E-state index contributed by atoms with van der Waals surface area (Å²) >= 11 is 0. The molecule has 162 valence electrons. The number of hydrogen-bond donors (Lipinski definition) is 1. The van der Waals surface area contributed by atoms with E-state index >= 15 is 0 Å². The maximum absolute atomic E-state index is 12.9. The number of rotatable bonds is 3. The number of hydrogen-bond acceptors (Lipinski definition) is 6. The van der Waals surface area contributed by atoms with Crippen molar-refractivity contribution in [3.8, 4) is 0 Å². The van der Waals surface area contributed by atoms with Crippen molar-refractivity contribution in [2.75, 3.05) is 32.4 Å². The van der Waals surface area contributed by atoms with Crippen molar-refractivity contribution >= 4 is 21.8 Å². The van der Waals surface area contributed by atoms with Crippen LogP contribution in [0, 0.1) is 19.8 Å². The molecule has 2 heterocycles. The predicted octanol–water partition coefficient (Wildman–Crippen LogP) is 0.613. The number of aryl methyl sites for hydroxylation is 2. The zero-order chi connectivity index (χ0) is 21.2. The van der Waals surface area contributed by atoms with Crippen molar-refractivity contribution in [3.63, 3.8) is 0 Å². The maximum Gasteiger partial charge on any atom is 0.227 e. The molecule has 0 spiro atoms. The number of carbonyl (C=O) groups excluding carboxylic acids is 2. The molecule has 10 heteroatoms. The Morgan fingerprint density at radius 3 is 2.59 bits per heavy atom. The smallest absolute Gasteiger partial charge is 0.227 e. The third-order valence-electron chi connectivity index (χ3n) is 6.00. The third-order valence-corrected chi connectivity index (χ3v) is 7.30. The molecule has 1 aliphatic carbocycles. The molecule has 2 amide bonds. The van der Waals surface area contributed by atoms with Gasteiger partial charge in [0.1, 0.15) is 5.76 Å². The third kappa shape index (κ3) is 4.98. The van der Waals surface area contributed by atoms with E-state index in [4.69, 9.17) is 4.52 Å². The molecule has 0 unspecified atom stereocenters. The van der Waals surface area contributed by atoms with E-state index < -0.39 is 10.0 Å². The lowest BCUT2D eigenvalue weighted by Gasteiger charge is -2.39. The zero-order valence-corrected chi connectivity index (χ0v) is 18.1. The quantitative estimate of drug-likeness (QED) is 0.758. The highest BCUT2D eigenvalue weighted by Gasteiger charge is 2.39. The standard InChI is InChI=1S/C19H30N4O5S/c1-13-16(14(2)28-21-13)12-18(24)22-9-8-20-19(25)15-6-4-5-7-17(15)23(11-10-22)29(3,26)27/h15,17H,4-12H2,1-3H3,(H,20,25)/t15-,17+/m0/s1. The largest absolute Gasteiger partial charge is 0.361 e. The first-order valence-corrected chi connectivity index (χ1v) is 12.0. The number of nitrogens with zero attached hydrogens (tertiary/aromatic N) is 3. The van der Waals surface area contributed by atoms with Gasteiger partial charge in [0.15, 0.2) is 0 Å². The molecule has 29 heavy (non-hydrogen) atoms. The molecule has 1 saturated carbocycles. The van der Waals surface area contributed by atoms with Crippen LogP contribution < -0.4 is 5.32 Å². The minimum Gasteiger partial charge on any atom is -0.361 e. The summed E-state index contributed by atoms with van der Waals surface area (Å²) in [5.74, 6) is 0.0160. The number of fused-ring (bicyclic) bond motifs is 1. The van der Waals surface area contributed by atoms with Gasteiger partial charge >= 0.3 is 0 Å². The SMILES string of the molecule is Cc1noc(C)c1CC(=O)N1CCNC(=O)[C@H]2CCCC[C@H]2N(S(C)(=O)=O)CC1. The molecule has 1 aliphatic heterocycles. The number of aromatic nitrogens is 1. The van der Waals surface area contributed by atoms with Crippen LogP contribution in [0.5, 0.6) is 0 Å². The van der Waals surface area contributed by atoms with Gasteiger partial charge in [0.25, 0.3) is 0 Å². The van der Waals surface area contributed by atoms with Gasteiger partial charge in [-0.25, -0.2) is 8.42 Å². The molecule has 9 nitrogen and oxygen atoms in total. The Hall–Kier alpha value is -1.94. The van der Waals surface area contributed by atoms with Gasteiger partial charge in [-0.1, -0.05) is 18.0 Å². The fraction of sp³-hybridized carbons (Fsp3) is 0.737. The van der Waals surface area contributed by atoms with E-state index in [1.807, 2.05) is 0 Å². The Morgan fingerprint density at radius 1 is 1.21 bits per heavy atom. The fourth-order valence-electron chi connectivity index (χ4n) is 4.38. The molecule has 0 bridgehead atoms. The second kappa shape index (κ2) is 8.83. The number of amides is 2. The molecular weight excluding hydrogens is 396 g/mol. The van der Waals surface area contributed by atoms with Crippen molar-refractivity contribution in [3.05, 3.63) is 17.0 Å². The van der Waals surface area contributed by atoms with Gasteiger partial charge in [0, 0.05) is 37.8 Å². The Kier molecular flexibility index (Phi) is 6.62. The van der Waals surface area contributed by atoms with E-state index in [-0.39, 0.29) is 43.3 Å². The lowest BCUT2D eigenvalue weighted by atomic mass is 9.83. The molecule has 1 saturated heterocycles. The second-order valence-electron chi connectivity index (χ2n) is 7.98. The second-order valence-corrected chi connectivity index (χ2v) is 9.92. The maximum atomic E-state index is 12.9. The van der Waals surface area contributed by atoms with Gasteiger partial charge < -0.3 is 14.7 Å². The molecule has 1 aromatic rings. The van der Waals surface area contributed by atoms with E-state index in [1.54, 1.807) is 18.7 Å². The summed E-state index contributed by atoms with van der Waals surface area (Å²) in [4.78, 5) is 27.3. The Balaban J connectivity index is 1.80. The van der Waals surface area contributed by atoms with E-state index in [0.717, 1.165) is 18.4 Å². The Bertz CT molecular complexity index is 846. The van der Waals surface area contributed by atoms with Crippen LogP contribution in [0.2, 0.25) is 0 Å². The summed E-state index contributed by atoms with van der Waals surface area (Å²) in [6.45, 7) is 4.73. The first-order valence-electron chi connectivity index (χ1n) is 10.1. The van der Waals surface area contributed by atoms with Gasteiger partial charge in [0.05, 0.1) is 24.3 Å². The van der Waals surface area contributed by atoms with Crippen molar-refractivity contribution < 1.29 is 22.5 Å². The average Bonchev–Trinajstić information content (AvgIpc) is 2.97. The van der Waals surface area contributed by atoms with Crippen LogP contribution in [-0.4, -0.2) is 73.1 Å². The lowest BCUT2D eigenvalue weighted by Crippen LogP contribution is -2.55. The topological polar surface area (TPSA) is 113 Å². The number of nitrogens with one attached hydrogen (secondary N) is 1. The minimum atomic E-state index is -3.51. The summed E-state index contributed by atoms with van der Waals surface area (Å²) in [5, 5.41) is 6.79. The molecule has 2 aliphatic rings. The van der Waals surface area contributed by atoms with Gasteiger partial charge in [-0.15, -0.1) is 0 Å². The first-order chi connectivity index (χ1) is 13.7. The minimum absolute atomic E-state index is 0.122. The molecule has 2 fully saturated rings. The molecule has 3 rings (SSSR count). The highest BCUT2D eigenvalue weighted by Crippen LogP contribution is 2.30. The summed E-state index contributed by atoms with van der Waals surface area (Å²) in [7, 11) is -3.51. The van der Waals surface area contributed by atoms with Crippen molar-refractivity contribution in [2.45, 2.75) is 52.0 Å². The van der Waals surface area contributed by atoms with Crippen molar-refractivity contribution in [1.82, 2.24) is 19.7 Å². The fourth-order valence-corrected chi connectivity index (χ4v) is 5.54. The van der Waals surface area contributed by atoms with Crippen LogP contribution in [0.25, 0.3) is 0 Å². The predicted molar refractivity (Wildman–Crippen MR) is 107 cm³/mol. The van der Waals surface area contributed by atoms with Crippen LogP contribution in [0.3, 0.4) is 0 Å². The van der Waals surface area contributed by atoms with Gasteiger partial charge in [-0.05, 0) is 26.7 Å². The van der Waals surface area contributed by atoms with E-state index in [0.29, 0.717) is 37.4 Å². The zero-order valence-electron chi connectivity index (χ0n) is 17.3. The van der Waals surface area contributed by atoms with Crippen LogP contribution in [-0.2, 0) is 26.0 Å². The lowest BCUT2D eigenvalue weighted by molar-refractivity contribution is -0.133. The van der Waals surface area contributed by atoms with E-state index in [1.165, 1.54) is 10.6 Å². The summed E-state index contributed by atoms with van der Waals surface area (Å²) < 4.78 is 31.6. The van der Waals surface area contributed by atoms with E-state index in [9.17, 15) is 18.0 Å². The Labute approximate surface area is 171 Å². The summed E-state index contributed by atoms with van der Waals surface area (Å²) in [6.07, 6.45) is 4.50. The average molecular weight is 427 g/mol. The Morgan fingerprint density at radius 2 is 1.93 bits per heavy atom. The van der Waals surface area contributed by atoms with E-state index in [2.05, 4.69) is 10.5 Å². The van der Waals surface area contributed by atoms with Gasteiger partial charge in [-0.3, -0.25) is 9.59 Å². The molecular formula is C19H30N4O5S. The van der Waals surface area contributed by atoms with Crippen LogP contribution >= 0.6 is 0 Å². The highest BCUT2D eigenvalue weighted by atomic mass is 32.2. The molecule has 1 aromatic heterocycles. The molecule has 1 N–H and O–H groups in total. The van der Waals surface area contributed by atoms with Crippen molar-refractivity contribution in [1.29, 1.82) is 0 Å². The summed E-state index contributed by atoms with van der Waals surface area (Å²) in [5.41, 5.74) is 1.43. The monoisotopic (exact) mass is 426 g/mol. The first kappa shape index (κ1) is 21.8. The molecule has 0 aromatic carbocycles.